The topological polar surface area (TPSA) is 0 Å². The maximum Gasteiger partial charge on any atom is 0.0825 e. The number of hydrogen-bond acceptors (Lipinski definition) is 0. The molecule has 0 radical (unpaired) electrons. The van der Waals surface area contributed by atoms with Crippen molar-refractivity contribution in [3.63, 3.8) is 0 Å². The number of quaternary nitrogens is 1. The maximum atomic E-state index is 3.86. The standard InChI is InChI=1S/C31H36N/c1-5-26-8-14-29(15-9-26)20-23-32(4,24-21-30-16-10-27(6-2)11-17-30)25-22-31-18-12-28(7-3)13-19-31/h5-19H,1-3,20-25H2,4H3/q+1. The van der Waals surface area contributed by atoms with Crippen LogP contribution in [0.2, 0.25) is 0 Å². The Labute approximate surface area is 194 Å². The summed E-state index contributed by atoms with van der Waals surface area (Å²) < 4.78 is 1.05. The molecule has 1 nitrogen and oxygen atoms in total. The summed E-state index contributed by atoms with van der Waals surface area (Å²) in [6.45, 7) is 15.0. The zero-order valence-corrected chi connectivity index (χ0v) is 19.5. The Hall–Kier alpha value is -3.16. The van der Waals surface area contributed by atoms with E-state index in [1.54, 1.807) is 0 Å². The van der Waals surface area contributed by atoms with Gasteiger partial charge in [0.1, 0.15) is 0 Å². The zero-order chi connectivity index (χ0) is 22.8. The van der Waals surface area contributed by atoms with Crippen LogP contribution in [0.25, 0.3) is 18.2 Å². The summed E-state index contributed by atoms with van der Waals surface area (Å²) in [5.41, 5.74) is 7.72. The first-order chi connectivity index (χ1) is 15.5. The molecule has 0 aliphatic rings. The predicted molar refractivity (Wildman–Crippen MR) is 141 cm³/mol. The van der Waals surface area contributed by atoms with E-state index in [0.29, 0.717) is 0 Å². The first kappa shape index (κ1) is 23.5. The number of hydrogen-bond donors (Lipinski definition) is 0. The molecule has 0 fully saturated rings. The van der Waals surface area contributed by atoms with Gasteiger partial charge in [0.2, 0.25) is 0 Å². The summed E-state index contributed by atoms with van der Waals surface area (Å²) in [7, 11) is 2.41. The number of likely N-dealkylation sites (N-methyl/N-ethyl adjacent to an activating group) is 1. The van der Waals surface area contributed by atoms with E-state index in [-0.39, 0.29) is 0 Å². The van der Waals surface area contributed by atoms with E-state index in [1.807, 2.05) is 18.2 Å². The van der Waals surface area contributed by atoms with Crippen LogP contribution in [-0.4, -0.2) is 31.2 Å². The molecule has 0 atom stereocenters. The largest absolute Gasteiger partial charge is 0.325 e. The Morgan fingerprint density at radius 1 is 0.500 bits per heavy atom. The minimum absolute atomic E-state index is 1.05. The number of nitrogens with zero attached hydrogens (tertiary/aromatic N) is 1. The molecule has 3 aromatic rings. The van der Waals surface area contributed by atoms with Crippen molar-refractivity contribution < 1.29 is 4.48 Å². The average molecular weight is 423 g/mol. The Balaban J connectivity index is 1.68. The number of rotatable bonds is 12. The molecular weight excluding hydrogens is 386 g/mol. The lowest BCUT2D eigenvalue weighted by atomic mass is 10.0. The van der Waals surface area contributed by atoms with Crippen LogP contribution in [0.1, 0.15) is 33.4 Å². The van der Waals surface area contributed by atoms with Gasteiger partial charge in [-0.2, -0.15) is 0 Å². The molecule has 0 unspecified atom stereocenters. The van der Waals surface area contributed by atoms with Crippen LogP contribution in [0.3, 0.4) is 0 Å². The van der Waals surface area contributed by atoms with Crippen molar-refractivity contribution in [3.05, 3.63) is 126 Å². The summed E-state index contributed by atoms with van der Waals surface area (Å²) >= 11 is 0. The smallest absolute Gasteiger partial charge is 0.0825 e. The Morgan fingerprint density at radius 2 is 0.750 bits per heavy atom. The molecule has 0 saturated heterocycles. The van der Waals surface area contributed by atoms with E-state index in [2.05, 4.69) is 99.6 Å². The van der Waals surface area contributed by atoms with Crippen LogP contribution in [-0.2, 0) is 19.3 Å². The Kier molecular flexibility index (Phi) is 8.41. The van der Waals surface area contributed by atoms with Crippen LogP contribution in [0.5, 0.6) is 0 Å². The van der Waals surface area contributed by atoms with Crippen molar-refractivity contribution in [1.82, 2.24) is 0 Å². The highest BCUT2D eigenvalue weighted by molar-refractivity contribution is 5.48. The molecule has 0 aliphatic heterocycles. The van der Waals surface area contributed by atoms with Crippen molar-refractivity contribution in [1.29, 1.82) is 0 Å². The van der Waals surface area contributed by atoms with Gasteiger partial charge >= 0.3 is 0 Å². The van der Waals surface area contributed by atoms with Crippen molar-refractivity contribution in [3.8, 4) is 0 Å². The third-order valence-electron chi connectivity index (χ3n) is 6.47. The van der Waals surface area contributed by atoms with E-state index in [9.17, 15) is 0 Å². The molecule has 3 aromatic carbocycles. The van der Waals surface area contributed by atoms with E-state index in [1.165, 1.54) is 33.4 Å². The average Bonchev–Trinajstić information content (AvgIpc) is 2.86. The Morgan fingerprint density at radius 3 is 0.969 bits per heavy atom. The van der Waals surface area contributed by atoms with Gasteiger partial charge in [-0.05, 0) is 33.4 Å². The van der Waals surface area contributed by atoms with E-state index >= 15 is 0 Å². The highest BCUT2D eigenvalue weighted by Gasteiger charge is 2.21. The van der Waals surface area contributed by atoms with E-state index < -0.39 is 0 Å². The lowest BCUT2D eigenvalue weighted by molar-refractivity contribution is -0.909. The van der Waals surface area contributed by atoms with Gasteiger partial charge in [0, 0.05) is 19.3 Å². The first-order valence-electron chi connectivity index (χ1n) is 11.5. The highest BCUT2D eigenvalue weighted by atomic mass is 15.3. The highest BCUT2D eigenvalue weighted by Crippen LogP contribution is 2.15. The molecule has 3 rings (SSSR count). The Bertz CT molecular complexity index is 873. The van der Waals surface area contributed by atoms with Gasteiger partial charge in [-0.3, -0.25) is 0 Å². The first-order valence-corrected chi connectivity index (χ1v) is 11.5. The third kappa shape index (κ3) is 6.93. The summed E-state index contributed by atoms with van der Waals surface area (Å²) in [6.07, 6.45) is 8.95. The molecule has 0 saturated carbocycles. The van der Waals surface area contributed by atoms with Crippen LogP contribution >= 0.6 is 0 Å². The van der Waals surface area contributed by atoms with Gasteiger partial charge < -0.3 is 4.48 Å². The molecule has 32 heavy (non-hydrogen) atoms. The molecular formula is C31H36N+. The van der Waals surface area contributed by atoms with Gasteiger partial charge in [-0.1, -0.05) is 111 Å². The molecule has 0 amide bonds. The van der Waals surface area contributed by atoms with Gasteiger partial charge in [0.05, 0.1) is 26.7 Å². The monoisotopic (exact) mass is 422 g/mol. The fourth-order valence-electron chi connectivity index (χ4n) is 3.99. The normalized spacial score (nSPS) is 11.2. The summed E-state index contributed by atoms with van der Waals surface area (Å²) in [6, 6.07) is 26.4. The molecule has 0 bridgehead atoms. The summed E-state index contributed by atoms with van der Waals surface area (Å²) in [5, 5.41) is 0. The lowest BCUT2D eigenvalue weighted by Crippen LogP contribution is -2.48. The predicted octanol–water partition coefficient (Wildman–Crippen LogP) is 7.09. The van der Waals surface area contributed by atoms with Gasteiger partial charge in [0.15, 0.2) is 0 Å². The second kappa shape index (κ2) is 11.5. The van der Waals surface area contributed by atoms with E-state index in [4.69, 9.17) is 0 Å². The van der Waals surface area contributed by atoms with Crippen molar-refractivity contribution in [2.75, 3.05) is 26.7 Å². The minimum Gasteiger partial charge on any atom is -0.325 e. The van der Waals surface area contributed by atoms with Crippen LogP contribution < -0.4 is 0 Å². The van der Waals surface area contributed by atoms with Crippen LogP contribution in [0.4, 0.5) is 0 Å². The molecule has 0 aromatic heterocycles. The lowest BCUT2D eigenvalue weighted by Gasteiger charge is -2.35. The molecule has 164 valence electrons. The van der Waals surface area contributed by atoms with E-state index in [0.717, 1.165) is 43.4 Å². The summed E-state index contributed by atoms with van der Waals surface area (Å²) in [5.74, 6) is 0. The SMILES string of the molecule is C=Cc1ccc(CC[N+](C)(CCc2ccc(C=C)cc2)CCc2ccc(C=C)cc2)cc1. The second-order valence-electron chi connectivity index (χ2n) is 8.88. The molecule has 0 heterocycles. The molecule has 0 aliphatic carbocycles. The minimum atomic E-state index is 1.05. The zero-order valence-electron chi connectivity index (χ0n) is 19.5. The maximum absolute atomic E-state index is 3.86. The third-order valence-corrected chi connectivity index (χ3v) is 6.47. The van der Waals surface area contributed by atoms with Crippen LogP contribution in [0.15, 0.2) is 92.5 Å². The van der Waals surface area contributed by atoms with Crippen LogP contribution in [0, 0.1) is 0 Å². The fourth-order valence-corrected chi connectivity index (χ4v) is 3.99. The quantitative estimate of drug-likeness (QED) is 0.273. The van der Waals surface area contributed by atoms with Crippen molar-refractivity contribution >= 4 is 18.2 Å². The van der Waals surface area contributed by atoms with Crippen molar-refractivity contribution in [2.45, 2.75) is 19.3 Å². The number of benzene rings is 3. The summed E-state index contributed by atoms with van der Waals surface area (Å²) in [4.78, 5) is 0. The van der Waals surface area contributed by atoms with Crippen molar-refractivity contribution in [2.24, 2.45) is 0 Å². The van der Waals surface area contributed by atoms with Gasteiger partial charge in [-0.25, -0.2) is 0 Å². The molecule has 1 heteroatoms. The fraction of sp³-hybridized carbons (Fsp3) is 0.226. The molecule has 0 N–H and O–H groups in total. The second-order valence-corrected chi connectivity index (χ2v) is 8.88. The van der Waals surface area contributed by atoms with Gasteiger partial charge in [0.25, 0.3) is 0 Å². The van der Waals surface area contributed by atoms with Gasteiger partial charge in [-0.15, -0.1) is 0 Å². The molecule has 0 spiro atoms.